The second-order valence-corrected chi connectivity index (χ2v) is 6.34. The summed E-state index contributed by atoms with van der Waals surface area (Å²) in [4.78, 5) is 23.5. The van der Waals surface area contributed by atoms with E-state index < -0.39 is 6.10 Å². The van der Waals surface area contributed by atoms with Gasteiger partial charge in [-0.1, -0.05) is 22.9 Å². The lowest BCUT2D eigenvalue weighted by Crippen LogP contribution is -2.30. The number of ether oxygens (including phenoxy) is 2. The average molecular weight is 406 g/mol. The molecule has 1 N–H and O–H groups in total. The van der Waals surface area contributed by atoms with Crippen LogP contribution in [0.4, 0.5) is 5.69 Å². The van der Waals surface area contributed by atoms with E-state index in [1.165, 1.54) is 0 Å². The number of rotatable bonds is 8. The number of amides is 1. The smallest absolute Gasteiger partial charge is 0.265 e. The van der Waals surface area contributed by atoms with Crippen molar-refractivity contribution in [2.45, 2.75) is 26.4 Å². The van der Waals surface area contributed by atoms with Crippen LogP contribution >= 0.6 is 15.9 Å². The van der Waals surface area contributed by atoms with Crippen LogP contribution in [0.1, 0.15) is 30.6 Å². The number of nitrogens with one attached hydrogen (secondary N) is 1. The molecular formula is C19H20BrNO4. The van der Waals surface area contributed by atoms with Crippen molar-refractivity contribution in [2.75, 3.05) is 11.9 Å². The standard InChI is InChI=1S/C19H20BrNO4/c1-3-10-24-17-9-4-14(12-22)18(11-17)25-13(2)19(23)21-16-7-5-15(20)6-8-16/h4-9,11-13H,3,10H2,1-2H3,(H,21,23)/t13-/m0/s1. The number of carbonyl (C=O) groups is 2. The van der Waals surface area contributed by atoms with Gasteiger partial charge in [-0.3, -0.25) is 9.59 Å². The van der Waals surface area contributed by atoms with E-state index in [-0.39, 0.29) is 5.91 Å². The predicted octanol–water partition coefficient (Wildman–Crippen LogP) is 4.46. The van der Waals surface area contributed by atoms with Crippen molar-refractivity contribution in [1.82, 2.24) is 0 Å². The van der Waals surface area contributed by atoms with Crippen molar-refractivity contribution in [3.05, 3.63) is 52.5 Å². The predicted molar refractivity (Wildman–Crippen MR) is 100 cm³/mol. The van der Waals surface area contributed by atoms with Gasteiger partial charge in [0.15, 0.2) is 12.4 Å². The van der Waals surface area contributed by atoms with E-state index in [4.69, 9.17) is 9.47 Å². The second kappa shape index (κ2) is 9.22. The van der Waals surface area contributed by atoms with E-state index in [1.54, 1.807) is 37.3 Å². The summed E-state index contributed by atoms with van der Waals surface area (Å²) in [5.74, 6) is 0.615. The zero-order valence-corrected chi connectivity index (χ0v) is 15.7. The maximum absolute atomic E-state index is 12.3. The van der Waals surface area contributed by atoms with Crippen molar-refractivity contribution in [3.8, 4) is 11.5 Å². The zero-order valence-electron chi connectivity index (χ0n) is 14.1. The summed E-state index contributed by atoms with van der Waals surface area (Å²) >= 11 is 3.34. The van der Waals surface area contributed by atoms with Crippen molar-refractivity contribution < 1.29 is 19.1 Å². The van der Waals surface area contributed by atoms with E-state index in [0.29, 0.717) is 35.6 Å². The minimum Gasteiger partial charge on any atom is -0.493 e. The first-order chi connectivity index (χ1) is 12.0. The largest absolute Gasteiger partial charge is 0.493 e. The highest BCUT2D eigenvalue weighted by atomic mass is 79.9. The summed E-state index contributed by atoms with van der Waals surface area (Å²) < 4.78 is 12.2. The maximum Gasteiger partial charge on any atom is 0.265 e. The second-order valence-electron chi connectivity index (χ2n) is 5.42. The number of benzene rings is 2. The molecule has 0 heterocycles. The average Bonchev–Trinajstić information content (AvgIpc) is 2.62. The Morgan fingerprint density at radius 1 is 1.24 bits per heavy atom. The van der Waals surface area contributed by atoms with Crippen LogP contribution in [0, 0.1) is 0 Å². The molecule has 2 aromatic rings. The Bertz CT molecular complexity index is 731. The lowest BCUT2D eigenvalue weighted by Gasteiger charge is -2.17. The molecule has 6 heteroatoms. The molecule has 25 heavy (non-hydrogen) atoms. The minimum absolute atomic E-state index is 0.306. The summed E-state index contributed by atoms with van der Waals surface area (Å²) in [6.45, 7) is 4.20. The van der Waals surface area contributed by atoms with E-state index in [2.05, 4.69) is 21.2 Å². The zero-order chi connectivity index (χ0) is 18.2. The van der Waals surface area contributed by atoms with Gasteiger partial charge in [0, 0.05) is 16.2 Å². The van der Waals surface area contributed by atoms with Gasteiger partial charge in [0.2, 0.25) is 0 Å². The highest BCUT2D eigenvalue weighted by Crippen LogP contribution is 2.25. The molecule has 0 aromatic heterocycles. The van der Waals surface area contributed by atoms with Gasteiger partial charge in [0.25, 0.3) is 5.91 Å². The molecule has 0 aliphatic carbocycles. The highest BCUT2D eigenvalue weighted by Gasteiger charge is 2.17. The molecule has 2 aromatic carbocycles. The third-order valence-electron chi connectivity index (χ3n) is 3.37. The fourth-order valence-corrected chi connectivity index (χ4v) is 2.31. The topological polar surface area (TPSA) is 64.6 Å². The van der Waals surface area contributed by atoms with Crippen molar-refractivity contribution in [1.29, 1.82) is 0 Å². The van der Waals surface area contributed by atoms with Crippen LogP contribution in [-0.4, -0.2) is 24.9 Å². The summed E-state index contributed by atoms with van der Waals surface area (Å²) in [6, 6.07) is 12.2. The number of carbonyl (C=O) groups excluding carboxylic acids is 2. The lowest BCUT2D eigenvalue weighted by atomic mass is 10.2. The first-order valence-electron chi connectivity index (χ1n) is 7.98. The molecular weight excluding hydrogens is 386 g/mol. The summed E-state index contributed by atoms with van der Waals surface area (Å²) in [6.07, 6.45) is 0.791. The van der Waals surface area contributed by atoms with Gasteiger partial charge in [0.1, 0.15) is 11.5 Å². The Labute approximate surface area is 155 Å². The Morgan fingerprint density at radius 3 is 2.60 bits per heavy atom. The van der Waals surface area contributed by atoms with Gasteiger partial charge in [-0.25, -0.2) is 0 Å². The minimum atomic E-state index is -0.774. The highest BCUT2D eigenvalue weighted by molar-refractivity contribution is 9.10. The molecule has 132 valence electrons. The number of hydrogen-bond donors (Lipinski definition) is 1. The number of hydrogen-bond acceptors (Lipinski definition) is 4. The molecule has 0 fully saturated rings. The molecule has 2 rings (SSSR count). The molecule has 0 saturated carbocycles. The molecule has 0 saturated heterocycles. The normalized spacial score (nSPS) is 11.5. The Hall–Kier alpha value is -2.34. The fraction of sp³-hybridized carbons (Fsp3) is 0.263. The third kappa shape index (κ3) is 5.60. The molecule has 0 unspecified atom stereocenters. The Morgan fingerprint density at radius 2 is 1.96 bits per heavy atom. The molecule has 1 atom stereocenters. The van der Waals surface area contributed by atoms with Crippen LogP contribution in [-0.2, 0) is 4.79 Å². The molecule has 0 bridgehead atoms. The number of anilines is 1. The lowest BCUT2D eigenvalue weighted by molar-refractivity contribution is -0.122. The summed E-state index contributed by atoms with van der Waals surface area (Å²) in [5, 5.41) is 2.77. The van der Waals surface area contributed by atoms with E-state index in [0.717, 1.165) is 10.9 Å². The van der Waals surface area contributed by atoms with Crippen LogP contribution in [0.5, 0.6) is 11.5 Å². The van der Waals surface area contributed by atoms with Crippen LogP contribution in [0.2, 0.25) is 0 Å². The maximum atomic E-state index is 12.3. The molecule has 0 radical (unpaired) electrons. The van der Waals surface area contributed by atoms with Crippen molar-refractivity contribution >= 4 is 33.8 Å². The molecule has 5 nitrogen and oxygen atoms in total. The van der Waals surface area contributed by atoms with Crippen molar-refractivity contribution in [2.24, 2.45) is 0 Å². The summed E-state index contributed by atoms with van der Waals surface area (Å²) in [7, 11) is 0. The van der Waals surface area contributed by atoms with Crippen molar-refractivity contribution in [3.63, 3.8) is 0 Å². The molecule has 1 amide bonds. The van der Waals surface area contributed by atoms with Gasteiger partial charge in [-0.15, -0.1) is 0 Å². The van der Waals surface area contributed by atoms with Gasteiger partial charge in [-0.05, 0) is 49.7 Å². The van der Waals surface area contributed by atoms with E-state index >= 15 is 0 Å². The van der Waals surface area contributed by atoms with E-state index in [9.17, 15) is 9.59 Å². The quantitative estimate of drug-likeness (QED) is 0.658. The molecule has 0 aliphatic rings. The van der Waals surface area contributed by atoms with E-state index in [1.807, 2.05) is 19.1 Å². The first kappa shape index (κ1) is 19.0. The van der Waals surface area contributed by atoms with Crippen LogP contribution < -0.4 is 14.8 Å². The third-order valence-corrected chi connectivity index (χ3v) is 3.90. The Kier molecular flexibility index (Phi) is 7.01. The number of aldehydes is 1. The monoisotopic (exact) mass is 405 g/mol. The summed E-state index contributed by atoms with van der Waals surface area (Å²) in [5.41, 5.74) is 1.03. The number of halogens is 1. The van der Waals surface area contributed by atoms with Crippen LogP contribution in [0.15, 0.2) is 46.9 Å². The van der Waals surface area contributed by atoms with Gasteiger partial charge >= 0.3 is 0 Å². The van der Waals surface area contributed by atoms with Crippen LogP contribution in [0.25, 0.3) is 0 Å². The van der Waals surface area contributed by atoms with Gasteiger partial charge < -0.3 is 14.8 Å². The molecule has 0 aliphatic heterocycles. The Balaban J connectivity index is 2.07. The van der Waals surface area contributed by atoms with Gasteiger partial charge in [0.05, 0.1) is 12.2 Å². The first-order valence-corrected chi connectivity index (χ1v) is 8.78. The van der Waals surface area contributed by atoms with Crippen LogP contribution in [0.3, 0.4) is 0 Å². The molecule has 0 spiro atoms. The fourth-order valence-electron chi connectivity index (χ4n) is 2.04. The van der Waals surface area contributed by atoms with Gasteiger partial charge in [-0.2, -0.15) is 0 Å². The SMILES string of the molecule is CCCOc1ccc(C=O)c(O[C@@H](C)C(=O)Nc2ccc(Br)cc2)c1.